The third-order valence-corrected chi connectivity index (χ3v) is 10.1. The van der Waals surface area contributed by atoms with Gasteiger partial charge in [-0.3, -0.25) is 0 Å². The Hall–Kier alpha value is -0.553. The Morgan fingerprint density at radius 3 is 2.04 bits per heavy atom. The van der Waals surface area contributed by atoms with Crippen molar-refractivity contribution >= 4 is 14.0 Å². The van der Waals surface area contributed by atoms with Gasteiger partial charge in [-0.15, -0.1) is 0 Å². The van der Waals surface area contributed by atoms with Gasteiger partial charge in [0.25, 0.3) is 0 Å². The van der Waals surface area contributed by atoms with Gasteiger partial charge >= 0.3 is 0 Å². The fraction of sp³-hybridized carbons (Fsp3) is 0.944. The first kappa shape index (κ1) is 24.5. The molecular weight excluding hydrogens is 370 g/mol. The van der Waals surface area contributed by atoms with Crippen LogP contribution in [-0.2, 0) is 23.5 Å². The van der Waals surface area contributed by atoms with Crippen molar-refractivity contribution in [2.75, 3.05) is 28.1 Å². The van der Waals surface area contributed by atoms with E-state index >= 15 is 0 Å². The van der Waals surface area contributed by atoms with E-state index in [9.17, 15) is 10.2 Å². The van der Waals surface area contributed by atoms with E-state index in [1.807, 2.05) is 0 Å². The van der Waals surface area contributed by atoms with Crippen molar-refractivity contribution in [3.8, 4) is 0 Å². The first-order chi connectivity index (χ1) is 12.4. The molecule has 2 N–H and O–H groups in total. The number of hydrogen-bond acceptors (Lipinski definition) is 8. The highest BCUT2D eigenvalue weighted by Gasteiger charge is 2.55. The van der Waals surface area contributed by atoms with E-state index in [1.54, 1.807) is 14.0 Å². The topological polar surface area (TPSA) is 99.0 Å². The number of oxime groups is 1. The molecule has 9 heteroatoms. The number of methoxy groups -OCH3 is 2. The number of aliphatic hydroxyl groups is 2. The molecule has 1 aliphatic rings. The summed E-state index contributed by atoms with van der Waals surface area (Å²) >= 11 is 0. The van der Waals surface area contributed by atoms with Crippen molar-refractivity contribution in [3.05, 3.63) is 0 Å². The van der Waals surface area contributed by atoms with Crippen molar-refractivity contribution in [1.29, 1.82) is 0 Å². The molecule has 27 heavy (non-hydrogen) atoms. The molecule has 1 fully saturated rings. The van der Waals surface area contributed by atoms with Gasteiger partial charge in [-0.1, -0.05) is 25.9 Å². The van der Waals surface area contributed by atoms with E-state index in [0.717, 1.165) is 0 Å². The van der Waals surface area contributed by atoms with Gasteiger partial charge in [-0.05, 0) is 25.1 Å². The molecule has 0 heterocycles. The maximum absolute atomic E-state index is 10.8. The summed E-state index contributed by atoms with van der Waals surface area (Å²) in [6, 6.07) is 0. The molecule has 0 aromatic rings. The average molecular weight is 408 g/mol. The smallest absolute Gasteiger partial charge is 0.192 e. The maximum atomic E-state index is 10.8. The summed E-state index contributed by atoms with van der Waals surface area (Å²) in [5.74, 6) is -0.595. The van der Waals surface area contributed by atoms with Crippen LogP contribution in [0.4, 0.5) is 0 Å². The number of aliphatic hydroxyl groups excluding tert-OH is 2. The highest BCUT2D eigenvalue weighted by Crippen LogP contribution is 2.41. The van der Waals surface area contributed by atoms with Gasteiger partial charge in [0.05, 0.1) is 23.8 Å². The zero-order chi connectivity index (χ0) is 21.0. The lowest BCUT2D eigenvalue weighted by Crippen LogP contribution is -2.66. The Labute approximate surface area is 163 Å². The van der Waals surface area contributed by atoms with Crippen molar-refractivity contribution in [3.63, 3.8) is 0 Å². The monoisotopic (exact) mass is 407 g/mol. The van der Waals surface area contributed by atoms with Crippen LogP contribution in [0.1, 0.15) is 27.7 Å². The number of hydrogen-bond donors (Lipinski definition) is 2. The summed E-state index contributed by atoms with van der Waals surface area (Å²) in [5, 5.41) is 25.4. The van der Waals surface area contributed by atoms with Crippen molar-refractivity contribution < 1.29 is 33.7 Å². The van der Waals surface area contributed by atoms with E-state index in [2.05, 4.69) is 39.0 Å². The molecule has 0 aromatic heterocycles. The number of rotatable bonds is 8. The lowest BCUT2D eigenvalue weighted by Gasteiger charge is -2.50. The summed E-state index contributed by atoms with van der Waals surface area (Å²) in [7, 11) is 2.26. The molecule has 0 aromatic carbocycles. The highest BCUT2D eigenvalue weighted by molar-refractivity contribution is 6.74. The first-order valence-electron chi connectivity index (χ1n) is 9.17. The second-order valence-corrected chi connectivity index (χ2v) is 13.3. The van der Waals surface area contributed by atoms with Gasteiger partial charge in [-0.25, -0.2) is 0 Å². The van der Waals surface area contributed by atoms with Gasteiger partial charge in [-0.2, -0.15) is 0 Å². The lowest BCUT2D eigenvalue weighted by molar-refractivity contribution is -0.228. The number of nitrogens with zero attached hydrogens (tertiary/aromatic N) is 1. The summed E-state index contributed by atoms with van der Waals surface area (Å²) in [5.41, 5.74) is 0.518. The Bertz CT molecular complexity index is 495. The minimum Gasteiger partial charge on any atom is -0.408 e. The molecule has 160 valence electrons. The summed E-state index contributed by atoms with van der Waals surface area (Å²) in [6.07, 6.45) is -4.30. The van der Waals surface area contributed by atoms with Crippen LogP contribution in [0.3, 0.4) is 0 Å². The maximum Gasteiger partial charge on any atom is 0.192 e. The third kappa shape index (κ3) is 5.50. The Kier molecular flexibility index (Phi) is 8.86. The van der Waals surface area contributed by atoms with Gasteiger partial charge in [0, 0.05) is 14.2 Å². The molecule has 0 unspecified atom stereocenters. The van der Waals surface area contributed by atoms with Crippen LogP contribution in [0, 0.1) is 5.92 Å². The van der Waals surface area contributed by atoms with Gasteiger partial charge < -0.3 is 33.7 Å². The Morgan fingerprint density at radius 2 is 1.59 bits per heavy atom. The van der Waals surface area contributed by atoms with E-state index < -0.39 is 44.8 Å². The fourth-order valence-corrected chi connectivity index (χ4v) is 4.45. The molecule has 0 amide bonds. The van der Waals surface area contributed by atoms with E-state index in [0.29, 0.717) is 5.71 Å². The fourth-order valence-electron chi connectivity index (χ4n) is 3.15. The van der Waals surface area contributed by atoms with E-state index in [1.165, 1.54) is 14.2 Å². The van der Waals surface area contributed by atoms with Crippen LogP contribution < -0.4 is 0 Å². The molecule has 1 saturated carbocycles. The SMILES string of the molecule is COCO[C@H]1[C@@H](O)[C@@H](O)[C@H](/C(C)=N\OC)[C@@H](OC)[C@@H]1O[Si](C)(C)C(C)(C)C. The molecule has 8 nitrogen and oxygen atoms in total. The largest absolute Gasteiger partial charge is 0.408 e. The van der Waals surface area contributed by atoms with Gasteiger partial charge in [0.15, 0.2) is 8.32 Å². The predicted octanol–water partition coefficient (Wildman–Crippen LogP) is 1.75. The Morgan fingerprint density at radius 1 is 1.00 bits per heavy atom. The lowest BCUT2D eigenvalue weighted by atomic mass is 9.76. The molecule has 0 aliphatic heterocycles. The van der Waals surface area contributed by atoms with Crippen molar-refractivity contribution in [2.24, 2.45) is 11.1 Å². The molecule has 6 atom stereocenters. The number of ether oxygens (including phenoxy) is 3. The zero-order valence-corrected chi connectivity index (χ0v) is 19.1. The molecular formula is C18H37NO7Si. The second-order valence-electron chi connectivity index (χ2n) is 8.50. The molecule has 1 aliphatic carbocycles. The van der Waals surface area contributed by atoms with Crippen molar-refractivity contribution in [1.82, 2.24) is 0 Å². The minimum atomic E-state index is -2.23. The molecule has 0 radical (unpaired) electrons. The first-order valence-corrected chi connectivity index (χ1v) is 12.1. The average Bonchev–Trinajstić information content (AvgIpc) is 2.56. The standard InChI is InChI=1S/C18H37NO7Si/c1-11(19-24-7)12-13(20)14(21)16(25-10-22-5)17(15(12)23-6)26-27(8,9)18(2,3)4/h12-17,20-21H,10H2,1-9H3/b19-11-/t12-,13-,14-,15+,16-,17-/m0/s1. The van der Waals surface area contributed by atoms with Crippen LogP contribution in [-0.4, -0.2) is 82.9 Å². The van der Waals surface area contributed by atoms with Gasteiger partial charge in [0.1, 0.15) is 32.2 Å². The predicted molar refractivity (Wildman–Crippen MR) is 105 cm³/mol. The quantitative estimate of drug-likeness (QED) is 0.274. The van der Waals surface area contributed by atoms with Crippen LogP contribution >= 0.6 is 0 Å². The normalized spacial score (nSPS) is 33.2. The second kappa shape index (κ2) is 9.77. The van der Waals surface area contributed by atoms with E-state index in [4.69, 9.17) is 23.5 Å². The molecule has 1 rings (SSSR count). The van der Waals surface area contributed by atoms with E-state index in [-0.39, 0.29) is 11.8 Å². The molecule has 0 bridgehead atoms. The molecule has 0 spiro atoms. The Balaban J connectivity index is 3.35. The summed E-state index contributed by atoms with van der Waals surface area (Å²) in [4.78, 5) is 4.87. The molecule has 0 saturated heterocycles. The summed E-state index contributed by atoms with van der Waals surface area (Å²) < 4.78 is 23.1. The zero-order valence-electron chi connectivity index (χ0n) is 18.1. The van der Waals surface area contributed by atoms with Crippen LogP contribution in [0.15, 0.2) is 5.16 Å². The highest BCUT2D eigenvalue weighted by atomic mass is 28.4. The van der Waals surface area contributed by atoms with Crippen LogP contribution in [0.5, 0.6) is 0 Å². The van der Waals surface area contributed by atoms with Gasteiger partial charge in [0.2, 0.25) is 0 Å². The third-order valence-electron chi connectivity index (χ3n) is 5.66. The van der Waals surface area contributed by atoms with Crippen molar-refractivity contribution in [2.45, 2.75) is 76.3 Å². The van der Waals surface area contributed by atoms with Crippen LogP contribution in [0.25, 0.3) is 0 Å². The minimum absolute atomic E-state index is 0.0297. The summed E-state index contributed by atoms with van der Waals surface area (Å²) in [6.45, 7) is 12.3. The van der Waals surface area contributed by atoms with Crippen LogP contribution in [0.2, 0.25) is 18.1 Å².